The second-order valence-corrected chi connectivity index (χ2v) is 5.62. The zero-order valence-electron chi connectivity index (χ0n) is 12.5. The van der Waals surface area contributed by atoms with E-state index in [0.717, 1.165) is 41.3 Å². The molecule has 0 saturated carbocycles. The van der Waals surface area contributed by atoms with Crippen molar-refractivity contribution >= 4 is 11.5 Å². The molecule has 4 rings (SSSR count). The number of rotatable bonds is 3. The molecule has 2 aromatic carbocycles. The number of nitrogens with one attached hydrogen (secondary N) is 1. The molecule has 1 unspecified atom stereocenters. The molecular formula is C18H16FN3O. The first-order valence-electron chi connectivity index (χ1n) is 7.67. The summed E-state index contributed by atoms with van der Waals surface area (Å²) in [4.78, 5) is 9.92. The van der Waals surface area contributed by atoms with Crippen LogP contribution in [0.5, 0.6) is 0 Å². The monoisotopic (exact) mass is 309 g/mol. The maximum absolute atomic E-state index is 13.0. The molecule has 0 aliphatic carbocycles. The van der Waals surface area contributed by atoms with Gasteiger partial charge in [0.05, 0.1) is 12.3 Å². The molecule has 2 aliphatic heterocycles. The van der Waals surface area contributed by atoms with Crippen LogP contribution in [0, 0.1) is 5.82 Å². The van der Waals surface area contributed by atoms with Crippen LogP contribution in [0.15, 0.2) is 58.7 Å². The van der Waals surface area contributed by atoms with E-state index < -0.39 is 0 Å². The fourth-order valence-electron chi connectivity index (χ4n) is 2.82. The fourth-order valence-corrected chi connectivity index (χ4v) is 2.82. The van der Waals surface area contributed by atoms with Crippen molar-refractivity contribution in [1.82, 2.24) is 5.32 Å². The van der Waals surface area contributed by atoms with Crippen molar-refractivity contribution in [2.24, 2.45) is 10.1 Å². The third kappa shape index (κ3) is 2.82. The van der Waals surface area contributed by atoms with Crippen LogP contribution < -0.4 is 5.32 Å². The largest absolute Gasteiger partial charge is 0.387 e. The Labute approximate surface area is 133 Å². The van der Waals surface area contributed by atoms with Gasteiger partial charge in [0.2, 0.25) is 0 Å². The number of amidine groups is 1. The highest BCUT2D eigenvalue weighted by atomic mass is 19.1. The number of benzene rings is 2. The number of nitrogens with zero attached hydrogens (tertiary/aromatic N) is 2. The molecule has 0 radical (unpaired) electrons. The summed E-state index contributed by atoms with van der Waals surface area (Å²) in [6, 6.07) is 14.5. The summed E-state index contributed by atoms with van der Waals surface area (Å²) in [5, 5.41) is 7.45. The Hall–Kier alpha value is -2.69. The highest BCUT2D eigenvalue weighted by molar-refractivity contribution is 6.03. The van der Waals surface area contributed by atoms with Crippen LogP contribution in [0.2, 0.25) is 0 Å². The van der Waals surface area contributed by atoms with Crippen molar-refractivity contribution in [3.05, 3.63) is 71.0 Å². The molecule has 5 heteroatoms. The SMILES string of the molecule is Fc1ccc(C2CC(c3ccc(C4=NCCN4)cc3)=NO2)cc1. The van der Waals surface area contributed by atoms with Crippen LogP contribution in [-0.4, -0.2) is 24.6 Å². The van der Waals surface area contributed by atoms with Gasteiger partial charge in [0, 0.05) is 18.5 Å². The lowest BCUT2D eigenvalue weighted by Gasteiger charge is -2.08. The smallest absolute Gasteiger partial charge is 0.158 e. The number of hydrogen-bond acceptors (Lipinski definition) is 4. The molecule has 4 nitrogen and oxygen atoms in total. The Morgan fingerprint density at radius 2 is 1.74 bits per heavy atom. The van der Waals surface area contributed by atoms with Crippen LogP contribution in [0.3, 0.4) is 0 Å². The first-order valence-corrected chi connectivity index (χ1v) is 7.67. The predicted octanol–water partition coefficient (Wildman–Crippen LogP) is 3.04. The van der Waals surface area contributed by atoms with Gasteiger partial charge in [0.25, 0.3) is 0 Å². The van der Waals surface area contributed by atoms with Gasteiger partial charge in [0.15, 0.2) is 6.10 Å². The van der Waals surface area contributed by atoms with E-state index in [2.05, 4.69) is 15.5 Å². The standard InChI is InChI=1S/C18H16FN3O/c19-15-7-5-13(6-8-15)17-11-16(22-23-17)12-1-3-14(4-2-12)18-20-9-10-21-18/h1-8,17H,9-11H2,(H,20,21). The lowest BCUT2D eigenvalue weighted by atomic mass is 9.99. The Kier molecular flexibility index (Phi) is 3.54. The molecule has 116 valence electrons. The van der Waals surface area contributed by atoms with Gasteiger partial charge in [-0.2, -0.15) is 0 Å². The second-order valence-electron chi connectivity index (χ2n) is 5.62. The molecule has 0 spiro atoms. The van der Waals surface area contributed by atoms with Gasteiger partial charge in [-0.25, -0.2) is 4.39 Å². The molecule has 0 saturated heterocycles. The second kappa shape index (κ2) is 5.83. The quantitative estimate of drug-likeness (QED) is 0.947. The van der Waals surface area contributed by atoms with Crippen LogP contribution >= 0.6 is 0 Å². The highest BCUT2D eigenvalue weighted by Gasteiger charge is 2.24. The fraction of sp³-hybridized carbons (Fsp3) is 0.222. The van der Waals surface area contributed by atoms with Crippen molar-refractivity contribution in [2.45, 2.75) is 12.5 Å². The van der Waals surface area contributed by atoms with E-state index in [9.17, 15) is 4.39 Å². The van der Waals surface area contributed by atoms with E-state index in [1.165, 1.54) is 12.1 Å². The number of hydrogen-bond donors (Lipinski definition) is 1. The van der Waals surface area contributed by atoms with Crippen molar-refractivity contribution in [2.75, 3.05) is 13.1 Å². The Morgan fingerprint density at radius 1 is 1.00 bits per heavy atom. The normalized spacial score (nSPS) is 19.8. The predicted molar refractivity (Wildman–Crippen MR) is 87.2 cm³/mol. The Bertz CT molecular complexity index is 766. The first-order chi connectivity index (χ1) is 11.3. The van der Waals surface area contributed by atoms with Gasteiger partial charge in [-0.1, -0.05) is 41.6 Å². The van der Waals surface area contributed by atoms with Crippen molar-refractivity contribution in [1.29, 1.82) is 0 Å². The molecular weight excluding hydrogens is 293 g/mol. The summed E-state index contributed by atoms with van der Waals surface area (Å²) >= 11 is 0. The van der Waals surface area contributed by atoms with E-state index in [1.54, 1.807) is 12.1 Å². The van der Waals surface area contributed by atoms with Crippen LogP contribution in [0.1, 0.15) is 29.2 Å². The van der Waals surface area contributed by atoms with E-state index in [4.69, 9.17) is 4.84 Å². The van der Waals surface area contributed by atoms with Gasteiger partial charge in [-0.3, -0.25) is 4.99 Å². The molecule has 2 aliphatic rings. The average molecular weight is 309 g/mol. The summed E-state index contributed by atoms with van der Waals surface area (Å²) < 4.78 is 13.0. The van der Waals surface area contributed by atoms with Gasteiger partial charge in [0.1, 0.15) is 11.7 Å². The molecule has 0 aromatic heterocycles. The van der Waals surface area contributed by atoms with Gasteiger partial charge < -0.3 is 10.2 Å². The molecule has 2 heterocycles. The molecule has 0 fully saturated rings. The zero-order valence-corrected chi connectivity index (χ0v) is 12.5. The van der Waals surface area contributed by atoms with Crippen LogP contribution in [0.25, 0.3) is 0 Å². The topological polar surface area (TPSA) is 46.0 Å². The summed E-state index contributed by atoms with van der Waals surface area (Å²) in [6.45, 7) is 1.73. The number of aliphatic imine (C=N–C) groups is 1. The lowest BCUT2D eigenvalue weighted by molar-refractivity contribution is 0.0857. The van der Waals surface area contributed by atoms with E-state index in [-0.39, 0.29) is 11.9 Å². The summed E-state index contributed by atoms with van der Waals surface area (Å²) in [5.41, 5.74) is 3.97. The van der Waals surface area contributed by atoms with Crippen molar-refractivity contribution in [3.8, 4) is 0 Å². The van der Waals surface area contributed by atoms with Gasteiger partial charge >= 0.3 is 0 Å². The van der Waals surface area contributed by atoms with Crippen LogP contribution in [-0.2, 0) is 4.84 Å². The minimum atomic E-state index is -0.244. The van der Waals surface area contributed by atoms with E-state index >= 15 is 0 Å². The molecule has 23 heavy (non-hydrogen) atoms. The van der Waals surface area contributed by atoms with Gasteiger partial charge in [-0.15, -0.1) is 0 Å². The molecule has 0 amide bonds. The zero-order chi connectivity index (χ0) is 15.6. The highest BCUT2D eigenvalue weighted by Crippen LogP contribution is 2.29. The van der Waals surface area contributed by atoms with Crippen molar-refractivity contribution < 1.29 is 9.23 Å². The minimum Gasteiger partial charge on any atom is -0.387 e. The average Bonchev–Trinajstić information content (AvgIpc) is 3.28. The number of oxime groups is 1. The molecule has 1 atom stereocenters. The van der Waals surface area contributed by atoms with E-state index in [1.807, 2.05) is 24.3 Å². The molecule has 1 N–H and O–H groups in total. The van der Waals surface area contributed by atoms with Gasteiger partial charge in [-0.05, 0) is 23.3 Å². The maximum atomic E-state index is 13.0. The summed E-state index contributed by atoms with van der Waals surface area (Å²) in [6.07, 6.45) is 0.538. The first kappa shape index (κ1) is 13.9. The third-order valence-electron chi connectivity index (χ3n) is 4.08. The summed E-state index contributed by atoms with van der Waals surface area (Å²) in [5.74, 6) is 0.706. The Balaban J connectivity index is 1.48. The van der Waals surface area contributed by atoms with E-state index in [0.29, 0.717) is 6.42 Å². The maximum Gasteiger partial charge on any atom is 0.158 e. The molecule has 0 bridgehead atoms. The third-order valence-corrected chi connectivity index (χ3v) is 4.08. The minimum absolute atomic E-state index is 0.147. The van der Waals surface area contributed by atoms with Crippen LogP contribution in [0.4, 0.5) is 4.39 Å². The lowest BCUT2D eigenvalue weighted by Crippen LogP contribution is -2.19. The number of halogens is 1. The van der Waals surface area contributed by atoms with Crippen molar-refractivity contribution in [3.63, 3.8) is 0 Å². The Morgan fingerprint density at radius 3 is 2.43 bits per heavy atom. The molecule has 2 aromatic rings. The summed E-state index contributed by atoms with van der Waals surface area (Å²) in [7, 11) is 0.